The molecule has 2 fully saturated rings. The Balaban J connectivity index is 1.24. The Morgan fingerprint density at radius 3 is 2.39 bits per heavy atom. The number of benzene rings is 2. The van der Waals surface area contributed by atoms with Crippen molar-refractivity contribution in [2.45, 2.75) is 44.7 Å². The van der Waals surface area contributed by atoms with E-state index in [0.717, 1.165) is 23.5 Å². The maximum absolute atomic E-state index is 9.11. The highest BCUT2D eigenvalue weighted by Crippen LogP contribution is 2.29. The number of fused-ring (bicyclic) bond motifs is 1. The Bertz CT molecular complexity index is 1070. The number of hydrogen-bond donors (Lipinski definition) is 0. The van der Waals surface area contributed by atoms with Gasteiger partial charge in [0, 0.05) is 18.0 Å². The first-order chi connectivity index (χ1) is 15.3. The molecule has 3 heterocycles. The van der Waals surface area contributed by atoms with E-state index in [-0.39, 0.29) is 0 Å². The van der Waals surface area contributed by atoms with Gasteiger partial charge in [-0.2, -0.15) is 5.26 Å². The normalized spacial score (nSPS) is 18.8. The molecule has 0 spiro atoms. The Morgan fingerprint density at radius 1 is 0.871 bits per heavy atom. The largest absolute Gasteiger partial charge is 0.300 e. The van der Waals surface area contributed by atoms with Crippen molar-refractivity contribution in [2.24, 2.45) is 0 Å². The van der Waals surface area contributed by atoms with Gasteiger partial charge in [-0.15, -0.1) is 0 Å². The molecule has 0 saturated carbocycles. The van der Waals surface area contributed by atoms with E-state index in [0.29, 0.717) is 5.69 Å². The number of piperidine rings is 2. The summed E-state index contributed by atoms with van der Waals surface area (Å²) in [7, 11) is 0. The SMILES string of the molecule is N#Cc1ccc2c(-c3ccc(CN4CCC(N5CCCCC5)CC4)cc3)cccc2n1. The van der Waals surface area contributed by atoms with Crippen molar-refractivity contribution >= 4 is 10.9 Å². The first kappa shape index (κ1) is 20.2. The predicted molar refractivity (Wildman–Crippen MR) is 126 cm³/mol. The molecular formula is C27H30N4. The summed E-state index contributed by atoms with van der Waals surface area (Å²) in [6, 6.07) is 21.9. The van der Waals surface area contributed by atoms with Gasteiger partial charge >= 0.3 is 0 Å². The molecule has 4 nitrogen and oxygen atoms in total. The van der Waals surface area contributed by atoms with Gasteiger partial charge in [-0.25, -0.2) is 4.98 Å². The maximum Gasteiger partial charge on any atom is 0.141 e. The molecule has 31 heavy (non-hydrogen) atoms. The fraction of sp³-hybridized carbons (Fsp3) is 0.407. The van der Waals surface area contributed by atoms with Crippen LogP contribution in [0.5, 0.6) is 0 Å². The summed E-state index contributed by atoms with van der Waals surface area (Å²) in [5, 5.41) is 10.2. The fourth-order valence-electron chi connectivity index (χ4n) is 5.24. The number of hydrogen-bond acceptors (Lipinski definition) is 4. The van der Waals surface area contributed by atoms with E-state index < -0.39 is 0 Å². The zero-order valence-electron chi connectivity index (χ0n) is 18.1. The maximum atomic E-state index is 9.11. The second kappa shape index (κ2) is 9.18. The molecule has 2 aliphatic rings. The molecule has 0 atom stereocenters. The van der Waals surface area contributed by atoms with Gasteiger partial charge in [0.2, 0.25) is 0 Å². The van der Waals surface area contributed by atoms with Gasteiger partial charge in [0.25, 0.3) is 0 Å². The molecule has 1 aromatic heterocycles. The smallest absolute Gasteiger partial charge is 0.141 e. The number of nitrogens with zero attached hydrogens (tertiary/aromatic N) is 4. The summed E-state index contributed by atoms with van der Waals surface area (Å²) in [6.45, 7) is 6.08. The van der Waals surface area contributed by atoms with Crippen LogP contribution in [0.2, 0.25) is 0 Å². The van der Waals surface area contributed by atoms with E-state index in [2.05, 4.69) is 51.2 Å². The minimum absolute atomic E-state index is 0.462. The second-order valence-corrected chi connectivity index (χ2v) is 8.98. The van der Waals surface area contributed by atoms with Gasteiger partial charge < -0.3 is 4.90 Å². The van der Waals surface area contributed by atoms with E-state index in [1.165, 1.54) is 75.0 Å². The third-order valence-electron chi connectivity index (χ3n) is 6.98. The van der Waals surface area contributed by atoms with Crippen molar-refractivity contribution in [3.8, 4) is 17.2 Å². The van der Waals surface area contributed by atoms with Crippen molar-refractivity contribution < 1.29 is 0 Å². The monoisotopic (exact) mass is 410 g/mol. The zero-order chi connectivity index (χ0) is 21.0. The summed E-state index contributed by atoms with van der Waals surface area (Å²) in [5.41, 5.74) is 5.08. The molecule has 0 amide bonds. The summed E-state index contributed by atoms with van der Waals surface area (Å²) < 4.78 is 0. The molecule has 2 aliphatic heterocycles. The molecule has 0 radical (unpaired) electrons. The Kier molecular flexibility index (Phi) is 5.97. The highest BCUT2D eigenvalue weighted by atomic mass is 15.2. The van der Waals surface area contributed by atoms with Crippen LogP contribution in [-0.2, 0) is 6.54 Å². The number of nitriles is 1. The van der Waals surface area contributed by atoms with E-state index in [1.54, 1.807) is 6.07 Å². The van der Waals surface area contributed by atoms with Crippen LogP contribution >= 0.6 is 0 Å². The van der Waals surface area contributed by atoms with Gasteiger partial charge in [0.05, 0.1) is 5.52 Å². The Labute approximate surface area is 185 Å². The lowest BCUT2D eigenvalue weighted by Gasteiger charge is -2.40. The van der Waals surface area contributed by atoms with Crippen LogP contribution in [0.1, 0.15) is 43.4 Å². The molecule has 3 aromatic rings. The van der Waals surface area contributed by atoms with E-state index >= 15 is 0 Å². The number of pyridine rings is 1. The summed E-state index contributed by atoms with van der Waals surface area (Å²) >= 11 is 0. The lowest BCUT2D eigenvalue weighted by molar-refractivity contribution is 0.0896. The quantitative estimate of drug-likeness (QED) is 0.591. The van der Waals surface area contributed by atoms with Crippen LogP contribution in [0.4, 0.5) is 0 Å². The Hall–Kier alpha value is -2.74. The number of rotatable bonds is 4. The van der Waals surface area contributed by atoms with Crippen molar-refractivity contribution in [1.82, 2.24) is 14.8 Å². The van der Waals surface area contributed by atoms with Gasteiger partial charge in [-0.3, -0.25) is 4.90 Å². The topological polar surface area (TPSA) is 43.2 Å². The number of likely N-dealkylation sites (tertiary alicyclic amines) is 2. The highest BCUT2D eigenvalue weighted by Gasteiger charge is 2.25. The lowest BCUT2D eigenvalue weighted by Crippen LogP contribution is -2.46. The average Bonchev–Trinajstić information content (AvgIpc) is 2.85. The van der Waals surface area contributed by atoms with Crippen LogP contribution < -0.4 is 0 Å². The predicted octanol–water partition coefficient (Wildman–Crippen LogP) is 5.22. The molecule has 0 aliphatic carbocycles. The van der Waals surface area contributed by atoms with Gasteiger partial charge in [-0.1, -0.05) is 42.8 Å². The fourth-order valence-corrected chi connectivity index (χ4v) is 5.24. The average molecular weight is 411 g/mol. The van der Waals surface area contributed by atoms with Crippen molar-refractivity contribution in [3.05, 3.63) is 65.9 Å². The van der Waals surface area contributed by atoms with E-state index in [9.17, 15) is 0 Å². The first-order valence-electron chi connectivity index (χ1n) is 11.7. The molecule has 0 unspecified atom stereocenters. The van der Waals surface area contributed by atoms with Crippen LogP contribution in [0.25, 0.3) is 22.0 Å². The minimum Gasteiger partial charge on any atom is -0.300 e. The van der Waals surface area contributed by atoms with Gasteiger partial charge in [-0.05, 0) is 86.8 Å². The first-order valence-corrected chi connectivity index (χ1v) is 11.7. The summed E-state index contributed by atoms with van der Waals surface area (Å²) in [6.07, 6.45) is 6.82. The van der Waals surface area contributed by atoms with E-state index in [4.69, 9.17) is 5.26 Å². The Morgan fingerprint density at radius 2 is 1.65 bits per heavy atom. The molecule has 4 heteroatoms. The standard InChI is InChI=1S/C27H30N4/c28-19-23-11-12-26-25(5-4-6-27(26)29-23)22-9-7-21(8-10-22)20-30-17-13-24(14-18-30)31-15-2-1-3-16-31/h4-12,24H,1-3,13-18,20H2. The molecule has 2 aromatic carbocycles. The molecule has 0 bridgehead atoms. The second-order valence-electron chi connectivity index (χ2n) is 8.98. The summed E-state index contributed by atoms with van der Waals surface area (Å²) in [4.78, 5) is 9.80. The zero-order valence-corrected chi connectivity index (χ0v) is 18.1. The van der Waals surface area contributed by atoms with Gasteiger partial charge in [0.1, 0.15) is 11.8 Å². The van der Waals surface area contributed by atoms with Crippen molar-refractivity contribution in [3.63, 3.8) is 0 Å². The highest BCUT2D eigenvalue weighted by molar-refractivity contribution is 5.94. The third kappa shape index (κ3) is 4.49. The lowest BCUT2D eigenvalue weighted by atomic mass is 9.98. The summed E-state index contributed by atoms with van der Waals surface area (Å²) in [5.74, 6) is 0. The molecule has 2 saturated heterocycles. The van der Waals surface area contributed by atoms with Crippen molar-refractivity contribution in [2.75, 3.05) is 26.2 Å². The van der Waals surface area contributed by atoms with Crippen LogP contribution in [0.3, 0.4) is 0 Å². The molecule has 158 valence electrons. The molecule has 5 rings (SSSR count). The third-order valence-corrected chi connectivity index (χ3v) is 6.98. The van der Waals surface area contributed by atoms with Crippen LogP contribution in [0.15, 0.2) is 54.6 Å². The van der Waals surface area contributed by atoms with Crippen molar-refractivity contribution in [1.29, 1.82) is 5.26 Å². The van der Waals surface area contributed by atoms with Crippen LogP contribution in [0, 0.1) is 11.3 Å². The van der Waals surface area contributed by atoms with E-state index in [1.807, 2.05) is 18.2 Å². The van der Waals surface area contributed by atoms with Gasteiger partial charge in [0.15, 0.2) is 0 Å². The van der Waals surface area contributed by atoms with Crippen LogP contribution in [-0.4, -0.2) is 47.0 Å². The minimum atomic E-state index is 0.462. The number of aromatic nitrogens is 1. The molecular weight excluding hydrogens is 380 g/mol. The molecule has 0 N–H and O–H groups in total.